The number of methoxy groups -OCH3 is 1. The summed E-state index contributed by atoms with van der Waals surface area (Å²) in [6.45, 7) is 8.08. The van der Waals surface area contributed by atoms with Gasteiger partial charge in [0.2, 0.25) is 0 Å². The minimum atomic E-state index is -0.323. The molecule has 1 aromatic heterocycles. The lowest BCUT2D eigenvalue weighted by Crippen LogP contribution is -2.15. The van der Waals surface area contributed by atoms with E-state index in [0.717, 1.165) is 5.56 Å². The van der Waals surface area contributed by atoms with Crippen molar-refractivity contribution in [3.8, 4) is 5.75 Å². The Hall–Kier alpha value is -2.30. The summed E-state index contributed by atoms with van der Waals surface area (Å²) in [4.78, 5) is 12.2. The number of carbonyl (C=O) groups excluding carboxylic acids is 1. The third-order valence-electron chi connectivity index (χ3n) is 3.17. The minimum Gasteiger partial charge on any atom is -0.495 e. The van der Waals surface area contributed by atoms with Crippen LogP contribution in [0.2, 0.25) is 0 Å². The number of hydrogen-bond acceptors (Lipinski definition) is 4. The fraction of sp³-hybridized carbons (Fsp3) is 0.375. The highest BCUT2D eigenvalue weighted by Gasteiger charge is 2.18. The van der Waals surface area contributed by atoms with E-state index < -0.39 is 0 Å². The molecule has 5 heteroatoms. The van der Waals surface area contributed by atoms with Crippen molar-refractivity contribution in [2.24, 2.45) is 0 Å². The van der Waals surface area contributed by atoms with Crippen molar-refractivity contribution in [1.82, 2.24) is 5.16 Å². The first-order valence-electron chi connectivity index (χ1n) is 6.74. The number of carbonyl (C=O) groups is 1. The van der Waals surface area contributed by atoms with E-state index in [1.807, 2.05) is 18.2 Å². The van der Waals surface area contributed by atoms with Gasteiger partial charge in [-0.1, -0.05) is 32.0 Å². The fourth-order valence-corrected chi connectivity index (χ4v) is 1.93. The molecule has 1 amide bonds. The molecule has 21 heavy (non-hydrogen) atoms. The lowest BCUT2D eigenvalue weighted by atomic mass is 9.87. The lowest BCUT2D eigenvalue weighted by Gasteiger charge is -2.21. The van der Waals surface area contributed by atoms with Crippen molar-refractivity contribution in [3.63, 3.8) is 0 Å². The van der Waals surface area contributed by atoms with Crippen LogP contribution in [-0.4, -0.2) is 18.2 Å². The van der Waals surface area contributed by atoms with E-state index in [4.69, 9.17) is 9.26 Å². The van der Waals surface area contributed by atoms with E-state index in [-0.39, 0.29) is 17.0 Å². The molecule has 1 N–H and O–H groups in total. The van der Waals surface area contributed by atoms with Gasteiger partial charge in [-0.25, -0.2) is 0 Å². The van der Waals surface area contributed by atoms with Gasteiger partial charge in [-0.15, -0.1) is 0 Å². The van der Waals surface area contributed by atoms with Gasteiger partial charge in [-0.2, -0.15) is 0 Å². The van der Waals surface area contributed by atoms with Crippen LogP contribution in [0.15, 0.2) is 28.8 Å². The van der Waals surface area contributed by atoms with Crippen LogP contribution in [0.3, 0.4) is 0 Å². The molecule has 0 aliphatic heterocycles. The van der Waals surface area contributed by atoms with Crippen molar-refractivity contribution in [1.29, 1.82) is 0 Å². The van der Waals surface area contributed by atoms with Gasteiger partial charge in [0.25, 0.3) is 5.91 Å². The predicted octanol–water partition coefficient (Wildman–Crippen LogP) is 3.54. The second-order valence-electron chi connectivity index (χ2n) is 5.94. The minimum absolute atomic E-state index is 0.0176. The summed E-state index contributed by atoms with van der Waals surface area (Å²) in [5.74, 6) is 0.878. The lowest BCUT2D eigenvalue weighted by molar-refractivity contribution is 0.101. The summed E-state index contributed by atoms with van der Waals surface area (Å²) < 4.78 is 10.2. The number of nitrogens with one attached hydrogen (secondary N) is 1. The van der Waals surface area contributed by atoms with Crippen LogP contribution < -0.4 is 10.1 Å². The average molecular weight is 288 g/mol. The maximum atomic E-state index is 12.2. The van der Waals surface area contributed by atoms with Crippen LogP contribution in [0.1, 0.15) is 42.6 Å². The number of hydrogen-bond donors (Lipinski definition) is 1. The second-order valence-corrected chi connectivity index (χ2v) is 5.94. The molecule has 2 rings (SSSR count). The van der Waals surface area contributed by atoms with Crippen molar-refractivity contribution in [2.45, 2.75) is 33.1 Å². The highest BCUT2D eigenvalue weighted by molar-refractivity contribution is 6.03. The van der Waals surface area contributed by atoms with Gasteiger partial charge in [-0.05, 0) is 30.0 Å². The van der Waals surface area contributed by atoms with Gasteiger partial charge >= 0.3 is 0 Å². The molecule has 0 atom stereocenters. The Labute approximate surface area is 124 Å². The first kappa shape index (κ1) is 15.1. The molecular weight excluding hydrogens is 268 g/mol. The van der Waals surface area contributed by atoms with Crippen molar-refractivity contribution < 1.29 is 14.1 Å². The summed E-state index contributed by atoms with van der Waals surface area (Å²) in [5.41, 5.74) is 1.96. The average Bonchev–Trinajstić information content (AvgIpc) is 2.84. The third kappa shape index (κ3) is 3.42. The van der Waals surface area contributed by atoms with Gasteiger partial charge in [-0.3, -0.25) is 4.79 Å². The highest BCUT2D eigenvalue weighted by Crippen LogP contribution is 2.31. The smallest absolute Gasteiger partial charge is 0.277 e. The van der Waals surface area contributed by atoms with E-state index in [2.05, 4.69) is 31.2 Å². The largest absolute Gasteiger partial charge is 0.495 e. The monoisotopic (exact) mass is 288 g/mol. The molecular formula is C16H20N2O3. The molecule has 0 saturated heterocycles. The summed E-state index contributed by atoms with van der Waals surface area (Å²) in [6, 6.07) is 7.36. The number of rotatable bonds is 3. The van der Waals surface area contributed by atoms with Crippen LogP contribution in [0.25, 0.3) is 0 Å². The Morgan fingerprint density at radius 1 is 1.29 bits per heavy atom. The number of aromatic nitrogens is 1. The molecule has 1 heterocycles. The maximum absolute atomic E-state index is 12.2. The highest BCUT2D eigenvalue weighted by atomic mass is 16.5. The standard InChI is InChI=1S/C16H20N2O3/c1-10-8-13(18-21-10)15(19)17-12-9-11(16(2,3)4)6-7-14(12)20-5/h6-9H,1-5H3,(H,17,19). The Kier molecular flexibility index (Phi) is 4.02. The Bertz CT molecular complexity index is 654. The number of nitrogens with zero attached hydrogens (tertiary/aromatic N) is 1. The molecule has 0 aliphatic rings. The molecule has 0 bridgehead atoms. The third-order valence-corrected chi connectivity index (χ3v) is 3.17. The van der Waals surface area contributed by atoms with Crippen LogP contribution in [0.4, 0.5) is 5.69 Å². The van der Waals surface area contributed by atoms with E-state index in [9.17, 15) is 4.79 Å². The van der Waals surface area contributed by atoms with Gasteiger partial charge in [0.05, 0.1) is 12.8 Å². The van der Waals surface area contributed by atoms with Gasteiger partial charge in [0.1, 0.15) is 11.5 Å². The van der Waals surface area contributed by atoms with Crippen molar-refractivity contribution >= 4 is 11.6 Å². The van der Waals surface area contributed by atoms with E-state index in [0.29, 0.717) is 17.2 Å². The molecule has 0 spiro atoms. The number of amides is 1. The zero-order valence-electron chi connectivity index (χ0n) is 13.0. The molecule has 5 nitrogen and oxygen atoms in total. The fourth-order valence-electron chi connectivity index (χ4n) is 1.93. The van der Waals surface area contributed by atoms with Gasteiger partial charge in [0, 0.05) is 6.07 Å². The van der Waals surface area contributed by atoms with E-state index in [1.165, 1.54) is 0 Å². The number of benzene rings is 1. The molecule has 0 unspecified atom stereocenters. The zero-order valence-corrected chi connectivity index (χ0v) is 13.0. The molecule has 2 aromatic rings. The summed E-state index contributed by atoms with van der Waals surface area (Å²) in [5, 5.41) is 6.53. The molecule has 0 fully saturated rings. The van der Waals surface area contributed by atoms with Crippen LogP contribution in [0, 0.1) is 6.92 Å². The topological polar surface area (TPSA) is 64.4 Å². The zero-order chi connectivity index (χ0) is 15.6. The number of ether oxygens (including phenoxy) is 1. The van der Waals surface area contributed by atoms with Crippen molar-refractivity contribution in [3.05, 3.63) is 41.3 Å². The van der Waals surface area contributed by atoms with Crippen LogP contribution >= 0.6 is 0 Å². The Balaban J connectivity index is 2.31. The van der Waals surface area contributed by atoms with E-state index >= 15 is 0 Å². The SMILES string of the molecule is COc1ccc(C(C)(C)C)cc1NC(=O)c1cc(C)on1. The Morgan fingerprint density at radius 3 is 2.52 bits per heavy atom. The summed E-state index contributed by atoms with van der Waals surface area (Å²) >= 11 is 0. The van der Waals surface area contributed by atoms with Crippen LogP contribution in [-0.2, 0) is 5.41 Å². The maximum Gasteiger partial charge on any atom is 0.277 e. The summed E-state index contributed by atoms with van der Waals surface area (Å²) in [7, 11) is 1.57. The molecule has 0 aliphatic carbocycles. The first-order chi connectivity index (χ1) is 9.81. The van der Waals surface area contributed by atoms with Crippen LogP contribution in [0.5, 0.6) is 5.75 Å². The van der Waals surface area contributed by atoms with E-state index in [1.54, 1.807) is 20.1 Å². The second kappa shape index (κ2) is 5.60. The molecule has 112 valence electrons. The number of aryl methyl sites for hydroxylation is 1. The summed E-state index contributed by atoms with van der Waals surface area (Å²) in [6.07, 6.45) is 0. The first-order valence-corrected chi connectivity index (χ1v) is 6.74. The molecule has 1 aromatic carbocycles. The van der Waals surface area contributed by atoms with Crippen molar-refractivity contribution in [2.75, 3.05) is 12.4 Å². The number of anilines is 1. The normalized spacial score (nSPS) is 11.3. The Morgan fingerprint density at radius 2 is 2.00 bits per heavy atom. The quantitative estimate of drug-likeness (QED) is 0.938. The van der Waals surface area contributed by atoms with Gasteiger partial charge in [0.15, 0.2) is 5.69 Å². The van der Waals surface area contributed by atoms with Gasteiger partial charge < -0.3 is 14.6 Å². The molecule has 0 saturated carbocycles. The predicted molar refractivity (Wildman–Crippen MR) is 80.9 cm³/mol. The molecule has 0 radical (unpaired) electrons.